The fourth-order valence-corrected chi connectivity index (χ4v) is 3.84. The Morgan fingerprint density at radius 3 is 1.61 bits per heavy atom. The lowest BCUT2D eigenvalue weighted by Gasteiger charge is -2.12. The Morgan fingerprint density at radius 1 is 0.556 bits per heavy atom. The molecule has 0 aromatic heterocycles. The molecule has 36 heavy (non-hydrogen) atoms. The molecule has 0 aliphatic carbocycles. The van der Waals surface area contributed by atoms with Gasteiger partial charge in [0.2, 0.25) is 0 Å². The second-order valence-corrected chi connectivity index (χ2v) is 8.08. The molecule has 0 saturated heterocycles. The first-order chi connectivity index (χ1) is 17.4. The molecule has 0 spiro atoms. The average Bonchev–Trinajstić information content (AvgIpc) is 2.88. The van der Waals surface area contributed by atoms with E-state index >= 15 is 0 Å². The maximum Gasteiger partial charge on any atom is 0.343 e. The van der Waals surface area contributed by atoms with E-state index in [4.69, 9.17) is 14.2 Å². The summed E-state index contributed by atoms with van der Waals surface area (Å²) >= 11 is 0. The number of rotatable bonds is 5. The number of carbonyl (C=O) groups excluding carboxylic acids is 2. The van der Waals surface area contributed by atoms with Crippen molar-refractivity contribution in [3.8, 4) is 28.7 Å². The Balaban J connectivity index is 1.33. The highest BCUT2D eigenvalue weighted by molar-refractivity contribution is 5.98. The van der Waals surface area contributed by atoms with Crippen LogP contribution in [0.5, 0.6) is 28.7 Å². The van der Waals surface area contributed by atoms with Gasteiger partial charge in [0, 0.05) is 6.07 Å². The van der Waals surface area contributed by atoms with E-state index in [9.17, 15) is 19.8 Å². The monoisotopic (exact) mass is 480 g/mol. The fraction of sp³-hybridized carbons (Fsp3) is 0.0345. The summed E-state index contributed by atoms with van der Waals surface area (Å²) in [7, 11) is 1.42. The molecule has 0 saturated carbocycles. The molecule has 2 N–H and O–H groups in total. The molecular weight excluding hydrogens is 460 g/mol. The molecule has 5 aromatic carbocycles. The lowest BCUT2D eigenvalue weighted by Crippen LogP contribution is -2.10. The zero-order valence-corrected chi connectivity index (χ0v) is 19.1. The van der Waals surface area contributed by atoms with E-state index in [1.807, 2.05) is 0 Å². The van der Waals surface area contributed by atoms with Crippen molar-refractivity contribution in [2.45, 2.75) is 0 Å². The van der Waals surface area contributed by atoms with Crippen LogP contribution >= 0.6 is 0 Å². The molecule has 0 amide bonds. The minimum atomic E-state index is -0.588. The zero-order chi connectivity index (χ0) is 25.2. The number of benzene rings is 5. The van der Waals surface area contributed by atoms with Crippen LogP contribution in [-0.4, -0.2) is 29.3 Å². The minimum absolute atomic E-state index is 0.143. The quantitative estimate of drug-likeness (QED) is 0.240. The van der Waals surface area contributed by atoms with Crippen LogP contribution in [0.4, 0.5) is 0 Å². The minimum Gasteiger partial charge on any atom is -0.508 e. The van der Waals surface area contributed by atoms with Gasteiger partial charge in [0.05, 0.1) is 18.2 Å². The summed E-state index contributed by atoms with van der Waals surface area (Å²) < 4.78 is 16.4. The van der Waals surface area contributed by atoms with E-state index in [1.165, 1.54) is 25.3 Å². The van der Waals surface area contributed by atoms with E-state index < -0.39 is 11.9 Å². The van der Waals surface area contributed by atoms with Crippen molar-refractivity contribution in [2.75, 3.05) is 7.11 Å². The SMILES string of the molecule is COc1cc(OC(=O)c2ccc3cc(O)ccc3c2)ccc1OC(=O)c1ccc2cc(O)ccc2c1. The van der Waals surface area contributed by atoms with Gasteiger partial charge in [0.1, 0.15) is 17.2 Å². The van der Waals surface area contributed by atoms with Crippen molar-refractivity contribution in [1.29, 1.82) is 0 Å². The zero-order valence-electron chi connectivity index (χ0n) is 19.1. The van der Waals surface area contributed by atoms with E-state index in [2.05, 4.69) is 0 Å². The molecule has 0 aliphatic heterocycles. The third kappa shape index (κ3) is 4.63. The largest absolute Gasteiger partial charge is 0.508 e. The van der Waals surface area contributed by atoms with Gasteiger partial charge in [0.25, 0.3) is 0 Å². The van der Waals surface area contributed by atoms with Crippen molar-refractivity contribution < 1.29 is 34.0 Å². The highest BCUT2D eigenvalue weighted by atomic mass is 16.6. The first kappa shape index (κ1) is 22.7. The van der Waals surface area contributed by atoms with Crippen LogP contribution in [0.3, 0.4) is 0 Å². The molecule has 0 fully saturated rings. The molecule has 0 atom stereocenters. The summed E-state index contributed by atoms with van der Waals surface area (Å²) in [6, 6.07) is 24.2. The predicted octanol–water partition coefficient (Wildman–Crippen LogP) is 5.85. The van der Waals surface area contributed by atoms with Gasteiger partial charge in [-0.25, -0.2) is 9.59 Å². The van der Waals surface area contributed by atoms with Crippen LogP contribution < -0.4 is 14.2 Å². The number of hydrogen-bond acceptors (Lipinski definition) is 7. The number of carbonyl (C=O) groups is 2. The van der Waals surface area contributed by atoms with Crippen molar-refractivity contribution >= 4 is 33.5 Å². The van der Waals surface area contributed by atoms with Gasteiger partial charge >= 0.3 is 11.9 Å². The predicted molar refractivity (Wildman–Crippen MR) is 134 cm³/mol. The fourth-order valence-electron chi connectivity index (χ4n) is 3.84. The summed E-state index contributed by atoms with van der Waals surface area (Å²) in [6.07, 6.45) is 0. The summed E-state index contributed by atoms with van der Waals surface area (Å²) in [5.74, 6) is -0.273. The van der Waals surface area contributed by atoms with Crippen LogP contribution in [-0.2, 0) is 0 Å². The second kappa shape index (κ2) is 9.31. The standard InChI is InChI=1S/C29H20O7/c1-34-27-16-25(35-28(32)21-4-2-19-14-23(30)8-6-17(19)12-21)10-11-26(27)36-29(33)22-5-3-20-15-24(31)9-7-18(20)13-22/h2-16,30-31H,1H3. The van der Waals surface area contributed by atoms with Crippen molar-refractivity contribution in [3.63, 3.8) is 0 Å². The number of aromatic hydroxyl groups is 2. The molecular formula is C29H20O7. The van der Waals surface area contributed by atoms with Crippen LogP contribution in [0.1, 0.15) is 20.7 Å². The van der Waals surface area contributed by atoms with Crippen LogP contribution in [0.2, 0.25) is 0 Å². The summed E-state index contributed by atoms with van der Waals surface area (Å²) in [4.78, 5) is 25.4. The van der Waals surface area contributed by atoms with Crippen molar-refractivity contribution in [3.05, 3.63) is 102 Å². The number of ether oxygens (including phenoxy) is 3. The summed E-state index contributed by atoms with van der Waals surface area (Å²) in [6.45, 7) is 0. The van der Waals surface area contributed by atoms with Gasteiger partial charge in [-0.3, -0.25) is 0 Å². The Bertz CT molecular complexity index is 1640. The number of hydrogen-bond donors (Lipinski definition) is 2. The lowest BCUT2D eigenvalue weighted by atomic mass is 10.1. The number of esters is 2. The molecule has 0 unspecified atom stereocenters. The number of phenols is 2. The smallest absolute Gasteiger partial charge is 0.343 e. The maximum atomic E-state index is 12.7. The van der Waals surface area contributed by atoms with Gasteiger partial charge in [-0.05, 0) is 82.2 Å². The molecule has 0 heterocycles. The number of fused-ring (bicyclic) bond motifs is 2. The van der Waals surface area contributed by atoms with Crippen LogP contribution in [0.15, 0.2) is 91.0 Å². The average molecular weight is 480 g/mol. The maximum absolute atomic E-state index is 12.7. The molecule has 7 heteroatoms. The van der Waals surface area contributed by atoms with Gasteiger partial charge in [0.15, 0.2) is 11.5 Å². The number of phenolic OH excluding ortho intramolecular Hbond substituents is 2. The first-order valence-corrected chi connectivity index (χ1v) is 11.0. The summed E-state index contributed by atoms with van der Waals surface area (Å²) in [5.41, 5.74) is 0.669. The topological polar surface area (TPSA) is 102 Å². The third-order valence-electron chi connectivity index (χ3n) is 5.67. The molecule has 5 rings (SSSR count). The molecule has 0 radical (unpaired) electrons. The van der Waals surface area contributed by atoms with Crippen molar-refractivity contribution in [2.24, 2.45) is 0 Å². The van der Waals surface area contributed by atoms with Gasteiger partial charge in [-0.15, -0.1) is 0 Å². The van der Waals surface area contributed by atoms with E-state index in [0.29, 0.717) is 11.1 Å². The van der Waals surface area contributed by atoms with E-state index in [1.54, 1.807) is 72.8 Å². The van der Waals surface area contributed by atoms with Crippen molar-refractivity contribution in [1.82, 2.24) is 0 Å². The Kier molecular flexibility index (Phi) is 5.88. The van der Waals surface area contributed by atoms with Gasteiger partial charge in [-0.1, -0.05) is 24.3 Å². The van der Waals surface area contributed by atoms with Gasteiger partial charge in [-0.2, -0.15) is 0 Å². The highest BCUT2D eigenvalue weighted by Gasteiger charge is 2.16. The van der Waals surface area contributed by atoms with Gasteiger partial charge < -0.3 is 24.4 Å². The molecule has 0 bridgehead atoms. The first-order valence-electron chi connectivity index (χ1n) is 11.0. The Labute approximate surface area is 205 Å². The van der Waals surface area contributed by atoms with Crippen LogP contribution in [0, 0.1) is 0 Å². The normalized spacial score (nSPS) is 10.8. The highest BCUT2D eigenvalue weighted by Crippen LogP contribution is 2.33. The Morgan fingerprint density at radius 2 is 1.06 bits per heavy atom. The summed E-state index contributed by atoms with van der Waals surface area (Å²) in [5, 5.41) is 22.4. The molecule has 178 valence electrons. The lowest BCUT2D eigenvalue weighted by molar-refractivity contribution is 0.0715. The number of methoxy groups -OCH3 is 1. The van der Waals surface area contributed by atoms with E-state index in [-0.39, 0.29) is 28.7 Å². The molecule has 7 nitrogen and oxygen atoms in total. The second-order valence-electron chi connectivity index (χ2n) is 8.08. The Hall–Kier alpha value is -5.04. The van der Waals surface area contributed by atoms with Crippen LogP contribution in [0.25, 0.3) is 21.5 Å². The third-order valence-corrected chi connectivity index (χ3v) is 5.67. The molecule has 5 aromatic rings. The van der Waals surface area contributed by atoms with E-state index in [0.717, 1.165) is 21.5 Å². The molecule has 0 aliphatic rings.